The molecule has 1 aromatic heterocycles. The Bertz CT molecular complexity index is 892. The lowest BCUT2D eigenvalue weighted by Gasteiger charge is -2.31. The molecule has 6 heteroatoms. The van der Waals surface area contributed by atoms with Crippen LogP contribution in [0.3, 0.4) is 0 Å². The van der Waals surface area contributed by atoms with E-state index < -0.39 is 0 Å². The lowest BCUT2D eigenvalue weighted by Crippen LogP contribution is -2.47. The molecule has 0 bridgehead atoms. The van der Waals surface area contributed by atoms with Crippen molar-refractivity contribution in [2.24, 2.45) is 0 Å². The highest BCUT2D eigenvalue weighted by molar-refractivity contribution is 5.92. The van der Waals surface area contributed by atoms with Crippen molar-refractivity contribution in [1.82, 2.24) is 19.6 Å². The zero-order chi connectivity index (χ0) is 20.8. The molecule has 1 amide bonds. The Labute approximate surface area is 173 Å². The third-order valence-electron chi connectivity index (χ3n) is 5.17. The van der Waals surface area contributed by atoms with Crippen molar-refractivity contribution in [3.8, 4) is 5.75 Å². The maximum absolute atomic E-state index is 13.1. The molecule has 0 N–H and O–H groups in total. The van der Waals surface area contributed by atoms with Crippen LogP contribution >= 0.6 is 0 Å². The van der Waals surface area contributed by atoms with Gasteiger partial charge in [-0.15, -0.1) is 0 Å². The monoisotopic (exact) mass is 394 g/mol. The number of likely N-dealkylation sites (N-methyl/N-ethyl adjacent to an activating group) is 1. The fraction of sp³-hybridized carbons (Fsp3) is 0.391. The summed E-state index contributed by atoms with van der Waals surface area (Å²) in [6.07, 6.45) is 5.47. The molecule has 0 radical (unpaired) electrons. The summed E-state index contributed by atoms with van der Waals surface area (Å²) in [7, 11) is 3.73. The van der Waals surface area contributed by atoms with Gasteiger partial charge in [0.15, 0.2) is 5.69 Å². The lowest BCUT2D eigenvalue weighted by atomic mass is 10.1. The highest BCUT2D eigenvalue weighted by atomic mass is 16.5. The number of methoxy groups -OCH3 is 1. The summed E-state index contributed by atoms with van der Waals surface area (Å²) >= 11 is 0. The third-order valence-corrected chi connectivity index (χ3v) is 5.17. The van der Waals surface area contributed by atoms with Gasteiger partial charge in [0, 0.05) is 37.4 Å². The second-order valence-corrected chi connectivity index (χ2v) is 7.30. The van der Waals surface area contributed by atoms with Crippen LogP contribution < -0.4 is 4.74 Å². The van der Waals surface area contributed by atoms with E-state index in [1.807, 2.05) is 46.0 Å². The summed E-state index contributed by atoms with van der Waals surface area (Å²) in [6, 6.07) is 9.77. The van der Waals surface area contributed by atoms with Gasteiger partial charge in [0.25, 0.3) is 5.91 Å². The minimum atomic E-state index is -0.00204. The molecule has 2 heterocycles. The smallest absolute Gasteiger partial charge is 0.274 e. The maximum atomic E-state index is 13.1. The SMILES string of the molecule is C=C/C=C(/c1cccc(OC)c1)n1nc(C(=O)N2CCN(C)CC2)cc1CCC. The molecular formula is C23H30N4O2. The second-order valence-electron chi connectivity index (χ2n) is 7.30. The van der Waals surface area contributed by atoms with Crippen LogP contribution in [0.4, 0.5) is 0 Å². The van der Waals surface area contributed by atoms with Crippen molar-refractivity contribution in [3.63, 3.8) is 0 Å². The van der Waals surface area contributed by atoms with Crippen LogP contribution in [0.15, 0.2) is 49.1 Å². The first kappa shape index (κ1) is 20.9. The third kappa shape index (κ3) is 4.77. The Kier molecular flexibility index (Phi) is 6.88. The second kappa shape index (κ2) is 9.56. The molecule has 1 aliphatic rings. The van der Waals surface area contributed by atoms with Crippen molar-refractivity contribution in [1.29, 1.82) is 0 Å². The molecule has 154 valence electrons. The largest absolute Gasteiger partial charge is 0.497 e. The highest BCUT2D eigenvalue weighted by Gasteiger charge is 2.24. The number of aromatic nitrogens is 2. The van der Waals surface area contributed by atoms with Gasteiger partial charge < -0.3 is 14.5 Å². The van der Waals surface area contributed by atoms with E-state index in [4.69, 9.17) is 9.84 Å². The molecule has 0 aliphatic carbocycles. The number of benzene rings is 1. The summed E-state index contributed by atoms with van der Waals surface area (Å²) in [5.74, 6) is 0.771. The maximum Gasteiger partial charge on any atom is 0.274 e. The van der Waals surface area contributed by atoms with E-state index >= 15 is 0 Å². The predicted octanol–water partition coefficient (Wildman–Crippen LogP) is 3.31. The summed E-state index contributed by atoms with van der Waals surface area (Å²) in [5, 5.41) is 4.73. The van der Waals surface area contributed by atoms with Crippen molar-refractivity contribution in [3.05, 3.63) is 66.0 Å². The van der Waals surface area contributed by atoms with E-state index in [2.05, 4.69) is 25.5 Å². The van der Waals surface area contributed by atoms with Crippen molar-refractivity contribution >= 4 is 11.6 Å². The average Bonchev–Trinajstić information content (AvgIpc) is 3.16. The number of amides is 1. The van der Waals surface area contributed by atoms with Gasteiger partial charge in [-0.2, -0.15) is 5.10 Å². The van der Waals surface area contributed by atoms with E-state index in [-0.39, 0.29) is 5.91 Å². The van der Waals surface area contributed by atoms with E-state index in [9.17, 15) is 4.79 Å². The molecule has 0 unspecified atom stereocenters. The van der Waals surface area contributed by atoms with Gasteiger partial charge in [-0.05, 0) is 37.7 Å². The summed E-state index contributed by atoms with van der Waals surface area (Å²) in [6.45, 7) is 9.23. The van der Waals surface area contributed by atoms with Crippen LogP contribution in [-0.2, 0) is 6.42 Å². The first-order valence-electron chi connectivity index (χ1n) is 10.1. The molecule has 1 aromatic carbocycles. The Balaban J connectivity index is 1.99. The van der Waals surface area contributed by atoms with Crippen LogP contribution in [0, 0.1) is 0 Å². The number of rotatable bonds is 7. The van der Waals surface area contributed by atoms with Crippen LogP contribution in [-0.4, -0.2) is 65.8 Å². The van der Waals surface area contributed by atoms with Crippen LogP contribution in [0.25, 0.3) is 5.70 Å². The number of carbonyl (C=O) groups excluding carboxylic acids is 1. The van der Waals surface area contributed by atoms with Crippen LogP contribution in [0.5, 0.6) is 5.75 Å². The number of hydrogen-bond acceptors (Lipinski definition) is 4. The fourth-order valence-electron chi connectivity index (χ4n) is 3.52. The fourth-order valence-corrected chi connectivity index (χ4v) is 3.52. The number of nitrogens with zero attached hydrogens (tertiary/aromatic N) is 4. The molecule has 2 aromatic rings. The standard InChI is InChI=1S/C23H30N4O2/c1-5-8-19-17-21(23(28)26-14-12-25(3)13-15-26)24-27(19)22(9-6-2)18-10-7-11-20(16-18)29-4/h6-7,9-11,16-17H,2,5,8,12-15H2,1,3-4H3/b22-9-. The molecule has 1 saturated heterocycles. The topological polar surface area (TPSA) is 50.6 Å². The van der Waals surface area contributed by atoms with Gasteiger partial charge >= 0.3 is 0 Å². The Hall–Kier alpha value is -2.86. The molecule has 0 spiro atoms. The normalized spacial score (nSPS) is 15.4. The average molecular weight is 395 g/mol. The van der Waals surface area contributed by atoms with E-state index in [1.54, 1.807) is 13.2 Å². The van der Waals surface area contributed by atoms with E-state index in [1.165, 1.54) is 0 Å². The Morgan fingerprint density at radius 3 is 2.66 bits per heavy atom. The van der Waals surface area contributed by atoms with Gasteiger partial charge in [0.05, 0.1) is 12.8 Å². The van der Waals surface area contributed by atoms with Crippen molar-refractivity contribution < 1.29 is 9.53 Å². The van der Waals surface area contributed by atoms with Crippen LogP contribution in [0.1, 0.15) is 35.1 Å². The Morgan fingerprint density at radius 2 is 2.00 bits per heavy atom. The van der Waals surface area contributed by atoms with Gasteiger partial charge in [-0.1, -0.05) is 38.1 Å². The molecule has 0 saturated carbocycles. The lowest BCUT2D eigenvalue weighted by molar-refractivity contribution is 0.0658. The van der Waals surface area contributed by atoms with E-state index in [0.29, 0.717) is 5.69 Å². The Morgan fingerprint density at radius 1 is 1.24 bits per heavy atom. The van der Waals surface area contributed by atoms with Crippen LogP contribution in [0.2, 0.25) is 0 Å². The molecule has 6 nitrogen and oxygen atoms in total. The first-order chi connectivity index (χ1) is 14.1. The number of allylic oxidation sites excluding steroid dienone is 2. The quantitative estimate of drug-likeness (QED) is 0.676. The summed E-state index contributed by atoms with van der Waals surface area (Å²) in [5.41, 5.74) is 3.35. The predicted molar refractivity (Wildman–Crippen MR) is 116 cm³/mol. The number of hydrogen-bond donors (Lipinski definition) is 0. The number of carbonyl (C=O) groups is 1. The first-order valence-corrected chi connectivity index (χ1v) is 10.1. The number of ether oxygens (including phenoxy) is 1. The zero-order valence-electron chi connectivity index (χ0n) is 17.6. The number of aryl methyl sites for hydroxylation is 1. The van der Waals surface area contributed by atoms with Crippen molar-refractivity contribution in [2.75, 3.05) is 40.3 Å². The minimum absolute atomic E-state index is 0.00204. The molecular weight excluding hydrogens is 364 g/mol. The summed E-state index contributed by atoms with van der Waals surface area (Å²) in [4.78, 5) is 17.2. The number of piperazine rings is 1. The molecule has 0 atom stereocenters. The molecule has 29 heavy (non-hydrogen) atoms. The van der Waals surface area contributed by atoms with Gasteiger partial charge in [-0.3, -0.25) is 4.79 Å². The minimum Gasteiger partial charge on any atom is -0.497 e. The van der Waals surface area contributed by atoms with E-state index in [0.717, 1.165) is 61.7 Å². The molecule has 3 rings (SSSR count). The molecule has 1 fully saturated rings. The summed E-state index contributed by atoms with van der Waals surface area (Å²) < 4.78 is 7.26. The van der Waals surface area contributed by atoms with Crippen molar-refractivity contribution in [2.45, 2.75) is 19.8 Å². The van der Waals surface area contributed by atoms with Gasteiger partial charge in [-0.25, -0.2) is 4.68 Å². The molecule has 1 aliphatic heterocycles. The van der Waals surface area contributed by atoms with Gasteiger partial charge in [0.1, 0.15) is 5.75 Å². The van der Waals surface area contributed by atoms with Gasteiger partial charge in [0.2, 0.25) is 0 Å². The highest BCUT2D eigenvalue weighted by Crippen LogP contribution is 2.24. The zero-order valence-corrected chi connectivity index (χ0v) is 17.6.